The molecule has 2 fully saturated rings. The number of nitrogens with zero attached hydrogens (tertiary/aromatic N) is 5. The Morgan fingerprint density at radius 1 is 1.08 bits per heavy atom. The van der Waals surface area contributed by atoms with Crippen molar-refractivity contribution in [1.82, 2.24) is 30.4 Å². The maximum Gasteiger partial charge on any atom is 0.413 e. The first-order valence-corrected chi connectivity index (χ1v) is 16.3. The van der Waals surface area contributed by atoms with E-state index in [2.05, 4.69) is 36.2 Å². The summed E-state index contributed by atoms with van der Waals surface area (Å²) in [4.78, 5) is 66.3. The zero-order valence-corrected chi connectivity index (χ0v) is 27.7. The van der Waals surface area contributed by atoms with E-state index >= 15 is 0 Å². The highest BCUT2D eigenvalue weighted by molar-refractivity contribution is 7.14. The Morgan fingerprint density at radius 3 is 2.33 bits per heavy atom. The quantitative estimate of drug-likeness (QED) is 0.0863. The molecule has 0 spiro atoms. The minimum Gasteiger partial charge on any atom is -0.450 e. The smallest absolute Gasteiger partial charge is 0.413 e. The van der Waals surface area contributed by atoms with Crippen LogP contribution in [0.4, 0.5) is 9.93 Å². The van der Waals surface area contributed by atoms with Crippen molar-refractivity contribution in [2.45, 2.75) is 69.5 Å². The third-order valence-corrected chi connectivity index (χ3v) is 8.29. The number of oxime groups is 1. The molecule has 254 valence electrons. The standard InChI is InChI=1S/C33H34N8O7S/c1-32(2,3)47-31(45)39-30-37-23(17-49-30)25(28(43)38-24-22(36-27(24)42)16-41-19-34-18-35-41)40-48-33(14-15-33)29(44)46-26(20-10-6-4-7-11-20)21-12-8-5-9-13-21/h4-13,17-19,22,24,26H,14-16H2,1-3H3,(H,36,42)(H,38,43)(H,37,39,45)/b40-25+/t22-,24+/m1/s1. The summed E-state index contributed by atoms with van der Waals surface area (Å²) in [6.07, 6.45) is 2.01. The molecule has 1 aliphatic carbocycles. The van der Waals surface area contributed by atoms with Crippen LogP contribution in [-0.2, 0) is 35.2 Å². The van der Waals surface area contributed by atoms with Crippen LogP contribution >= 0.6 is 11.3 Å². The number of hydrogen-bond donors (Lipinski definition) is 3. The van der Waals surface area contributed by atoms with Crippen molar-refractivity contribution in [1.29, 1.82) is 0 Å². The lowest BCUT2D eigenvalue weighted by Gasteiger charge is -2.36. The minimum atomic E-state index is -1.44. The van der Waals surface area contributed by atoms with Gasteiger partial charge in [-0.1, -0.05) is 65.8 Å². The van der Waals surface area contributed by atoms with Crippen molar-refractivity contribution in [2.24, 2.45) is 5.16 Å². The number of amides is 3. The number of β-lactam (4-membered cyclic amide) rings is 1. The number of rotatable bonds is 12. The van der Waals surface area contributed by atoms with Gasteiger partial charge in [-0.3, -0.25) is 19.6 Å². The van der Waals surface area contributed by atoms with Gasteiger partial charge in [-0.15, -0.1) is 11.3 Å². The molecule has 49 heavy (non-hydrogen) atoms. The summed E-state index contributed by atoms with van der Waals surface area (Å²) in [5, 5.41) is 17.8. The first-order valence-electron chi connectivity index (χ1n) is 15.5. The number of carbonyl (C=O) groups is 4. The number of benzene rings is 2. The lowest BCUT2D eigenvalue weighted by atomic mass is 9.98. The average Bonchev–Trinajstić information content (AvgIpc) is 3.42. The zero-order valence-electron chi connectivity index (χ0n) is 26.9. The molecular formula is C33H34N8O7S. The van der Waals surface area contributed by atoms with Crippen molar-refractivity contribution in [3.8, 4) is 0 Å². The van der Waals surface area contributed by atoms with E-state index in [1.807, 2.05) is 60.7 Å². The van der Waals surface area contributed by atoms with Crippen LogP contribution in [0.25, 0.3) is 0 Å². The van der Waals surface area contributed by atoms with Crippen LogP contribution in [0.5, 0.6) is 0 Å². The van der Waals surface area contributed by atoms with Crippen LogP contribution < -0.4 is 16.0 Å². The van der Waals surface area contributed by atoms with Crippen LogP contribution in [0.2, 0.25) is 0 Å². The summed E-state index contributed by atoms with van der Waals surface area (Å²) in [6.45, 7) is 5.43. The summed E-state index contributed by atoms with van der Waals surface area (Å²) < 4.78 is 12.9. The lowest BCUT2D eigenvalue weighted by Crippen LogP contribution is -2.70. The second kappa shape index (κ2) is 13.8. The number of thiazole rings is 1. The van der Waals surface area contributed by atoms with Gasteiger partial charge >= 0.3 is 12.1 Å². The molecule has 2 aromatic heterocycles. The lowest BCUT2D eigenvalue weighted by molar-refractivity contribution is -0.164. The third kappa shape index (κ3) is 8.09. The van der Waals surface area contributed by atoms with Gasteiger partial charge in [0.1, 0.15) is 30.0 Å². The maximum atomic E-state index is 13.7. The van der Waals surface area contributed by atoms with Gasteiger partial charge in [0, 0.05) is 18.2 Å². The Labute approximate surface area is 285 Å². The highest BCUT2D eigenvalue weighted by Crippen LogP contribution is 2.43. The highest BCUT2D eigenvalue weighted by Gasteiger charge is 2.56. The number of hydrogen-bond acceptors (Lipinski definition) is 12. The van der Waals surface area contributed by atoms with Gasteiger partial charge in [0.2, 0.25) is 11.5 Å². The van der Waals surface area contributed by atoms with Crippen LogP contribution in [0.1, 0.15) is 56.5 Å². The molecule has 0 radical (unpaired) electrons. The summed E-state index contributed by atoms with van der Waals surface area (Å²) in [5.74, 6) is -1.84. The first kappa shape index (κ1) is 33.3. The molecule has 0 unspecified atom stereocenters. The molecule has 0 bridgehead atoms. The van der Waals surface area contributed by atoms with E-state index in [-0.39, 0.29) is 23.1 Å². The van der Waals surface area contributed by atoms with Crippen molar-refractivity contribution in [2.75, 3.05) is 5.32 Å². The van der Waals surface area contributed by atoms with Gasteiger partial charge in [0.25, 0.3) is 5.91 Å². The number of carbonyl (C=O) groups excluding carboxylic acids is 4. The second-order valence-electron chi connectivity index (χ2n) is 12.5. The van der Waals surface area contributed by atoms with Gasteiger partial charge in [-0.2, -0.15) is 5.10 Å². The Kier molecular flexibility index (Phi) is 9.40. The van der Waals surface area contributed by atoms with Gasteiger partial charge in [0.15, 0.2) is 16.9 Å². The Balaban J connectivity index is 1.23. The van der Waals surface area contributed by atoms with Crippen molar-refractivity contribution >= 4 is 46.1 Å². The van der Waals surface area contributed by atoms with E-state index in [1.165, 1.54) is 22.7 Å². The summed E-state index contributed by atoms with van der Waals surface area (Å²) >= 11 is 1.02. The number of nitrogens with one attached hydrogen (secondary N) is 3. The fourth-order valence-corrected chi connectivity index (χ4v) is 5.59. The molecule has 1 saturated carbocycles. The van der Waals surface area contributed by atoms with Crippen molar-refractivity contribution in [3.05, 3.63) is 95.5 Å². The molecule has 15 nitrogen and oxygen atoms in total. The fourth-order valence-electron chi connectivity index (χ4n) is 4.91. The van der Waals surface area contributed by atoms with Crippen molar-refractivity contribution in [3.63, 3.8) is 0 Å². The first-order chi connectivity index (χ1) is 23.5. The van der Waals surface area contributed by atoms with E-state index in [1.54, 1.807) is 20.8 Å². The Bertz CT molecular complexity index is 1800. The van der Waals surface area contributed by atoms with E-state index in [9.17, 15) is 19.2 Å². The Hall–Kier alpha value is -5.64. The van der Waals surface area contributed by atoms with E-state index in [0.29, 0.717) is 12.8 Å². The molecule has 2 aliphatic rings. The molecule has 3 N–H and O–H groups in total. The topological polar surface area (TPSA) is 188 Å². The molecule has 1 saturated heterocycles. The molecule has 16 heteroatoms. The van der Waals surface area contributed by atoms with Gasteiger partial charge in [-0.25, -0.2) is 19.6 Å². The predicted octanol–water partition coefficient (Wildman–Crippen LogP) is 3.35. The van der Waals surface area contributed by atoms with E-state index in [0.717, 1.165) is 22.5 Å². The second-order valence-corrected chi connectivity index (χ2v) is 13.3. The maximum absolute atomic E-state index is 13.7. The summed E-state index contributed by atoms with van der Waals surface area (Å²) in [7, 11) is 0. The normalized spacial score (nSPS) is 18.1. The number of aromatic nitrogens is 4. The van der Waals surface area contributed by atoms with Crippen LogP contribution in [0, 0.1) is 0 Å². The molecule has 1 aliphatic heterocycles. The summed E-state index contributed by atoms with van der Waals surface area (Å²) in [5.41, 5.74) is -0.915. The van der Waals surface area contributed by atoms with Crippen molar-refractivity contribution < 1.29 is 33.5 Å². The van der Waals surface area contributed by atoms with Crippen LogP contribution in [0.15, 0.2) is 83.9 Å². The molecule has 2 aromatic carbocycles. The largest absolute Gasteiger partial charge is 0.450 e. The molecule has 4 aromatic rings. The number of anilines is 1. The minimum absolute atomic E-state index is 0.0386. The zero-order chi connectivity index (χ0) is 34.6. The average molecular weight is 687 g/mol. The van der Waals surface area contributed by atoms with Gasteiger partial charge < -0.3 is 24.9 Å². The van der Waals surface area contributed by atoms with E-state index in [4.69, 9.17) is 14.3 Å². The van der Waals surface area contributed by atoms with Gasteiger partial charge in [0.05, 0.1) is 12.6 Å². The Morgan fingerprint density at radius 2 is 1.76 bits per heavy atom. The van der Waals surface area contributed by atoms with Gasteiger partial charge in [-0.05, 0) is 31.9 Å². The van der Waals surface area contributed by atoms with Crippen LogP contribution in [-0.4, -0.2) is 72.6 Å². The molecule has 3 amide bonds. The molecule has 2 atom stereocenters. The summed E-state index contributed by atoms with van der Waals surface area (Å²) in [6, 6.07) is 17.2. The SMILES string of the molecule is CC(C)(C)OC(=O)Nc1nc(/C(=N\OC2(C(=O)OC(c3ccccc3)c3ccccc3)CC2)C(=O)N[C@@H]2C(=O)N[C@@H]2Cn2cncn2)cs1. The fraction of sp³-hybridized carbons (Fsp3) is 0.333. The van der Waals surface area contributed by atoms with Crippen LogP contribution in [0.3, 0.4) is 0 Å². The predicted molar refractivity (Wildman–Crippen MR) is 176 cm³/mol. The molecular weight excluding hydrogens is 652 g/mol. The third-order valence-electron chi connectivity index (χ3n) is 7.54. The van der Waals surface area contributed by atoms with E-state index < -0.39 is 53.3 Å². The highest BCUT2D eigenvalue weighted by atomic mass is 32.1. The molecule has 6 rings (SSSR count). The number of esters is 1. The monoisotopic (exact) mass is 686 g/mol. The number of ether oxygens (including phenoxy) is 2. The molecule has 3 heterocycles.